The first-order valence-electron chi connectivity index (χ1n) is 6.77. The molecule has 21 heavy (non-hydrogen) atoms. The van der Waals surface area contributed by atoms with Crippen molar-refractivity contribution in [3.05, 3.63) is 77.6 Å². The first-order valence-corrected chi connectivity index (χ1v) is 6.77. The van der Waals surface area contributed by atoms with Gasteiger partial charge < -0.3 is 10.5 Å². The van der Waals surface area contributed by atoms with Crippen LogP contribution in [0.25, 0.3) is 10.8 Å². The maximum atomic E-state index is 13.5. The number of halogens is 1. The summed E-state index contributed by atoms with van der Waals surface area (Å²) in [7, 11) is 1.45. The molecule has 106 valence electrons. The summed E-state index contributed by atoms with van der Waals surface area (Å²) in [5, 5.41) is 2.25. The van der Waals surface area contributed by atoms with Gasteiger partial charge in [-0.2, -0.15) is 0 Å². The summed E-state index contributed by atoms with van der Waals surface area (Å²) < 4.78 is 18.6. The van der Waals surface area contributed by atoms with Gasteiger partial charge in [-0.1, -0.05) is 48.5 Å². The van der Waals surface area contributed by atoms with Gasteiger partial charge in [0.25, 0.3) is 0 Å². The number of benzene rings is 3. The molecule has 0 spiro atoms. The molecule has 3 aromatic rings. The van der Waals surface area contributed by atoms with E-state index >= 15 is 0 Å². The van der Waals surface area contributed by atoms with Gasteiger partial charge in [-0.3, -0.25) is 0 Å². The molecule has 0 saturated carbocycles. The molecule has 2 N–H and O–H groups in total. The number of nitrogens with two attached hydrogens (primary N) is 1. The minimum absolute atomic E-state index is 0.211. The Balaban J connectivity index is 2.10. The standard InChI is InChI=1S/C18H16FNO/c1-21-17-11-13(9-10-16(17)19)18(20)15-8-4-6-12-5-2-3-7-14(12)15/h2-11,18H,20H2,1H3. The van der Waals surface area contributed by atoms with Crippen molar-refractivity contribution < 1.29 is 9.13 Å². The second-order valence-electron chi connectivity index (χ2n) is 4.94. The molecular weight excluding hydrogens is 265 g/mol. The van der Waals surface area contributed by atoms with Crippen LogP contribution in [0, 0.1) is 5.82 Å². The van der Waals surface area contributed by atoms with Gasteiger partial charge >= 0.3 is 0 Å². The first kappa shape index (κ1) is 13.6. The van der Waals surface area contributed by atoms with Gasteiger partial charge in [0, 0.05) is 0 Å². The zero-order chi connectivity index (χ0) is 14.8. The summed E-state index contributed by atoms with van der Waals surface area (Å²) in [4.78, 5) is 0. The van der Waals surface area contributed by atoms with Crippen LogP contribution in [-0.2, 0) is 0 Å². The molecule has 0 radical (unpaired) electrons. The molecule has 0 aromatic heterocycles. The van der Waals surface area contributed by atoms with Crippen LogP contribution < -0.4 is 10.5 Å². The van der Waals surface area contributed by atoms with Crippen molar-refractivity contribution in [1.29, 1.82) is 0 Å². The SMILES string of the molecule is COc1cc(C(N)c2cccc3ccccc23)ccc1F. The van der Waals surface area contributed by atoms with E-state index < -0.39 is 0 Å². The zero-order valence-corrected chi connectivity index (χ0v) is 11.7. The summed E-state index contributed by atoms with van der Waals surface area (Å²) in [6.45, 7) is 0. The molecular formula is C18H16FNO. The number of ether oxygens (including phenoxy) is 1. The molecule has 0 aliphatic rings. The van der Waals surface area contributed by atoms with Crippen molar-refractivity contribution in [2.75, 3.05) is 7.11 Å². The molecule has 2 nitrogen and oxygen atoms in total. The Labute approximate surface area is 123 Å². The topological polar surface area (TPSA) is 35.2 Å². The van der Waals surface area contributed by atoms with Crippen molar-refractivity contribution in [2.24, 2.45) is 5.73 Å². The van der Waals surface area contributed by atoms with Crippen molar-refractivity contribution in [3.8, 4) is 5.75 Å². The van der Waals surface area contributed by atoms with Gasteiger partial charge in [0.2, 0.25) is 0 Å². The summed E-state index contributed by atoms with van der Waals surface area (Å²) >= 11 is 0. The second kappa shape index (κ2) is 5.54. The minimum Gasteiger partial charge on any atom is -0.494 e. The van der Waals surface area contributed by atoms with Gasteiger partial charge in [0.05, 0.1) is 13.2 Å². The van der Waals surface area contributed by atoms with E-state index in [9.17, 15) is 4.39 Å². The van der Waals surface area contributed by atoms with E-state index in [2.05, 4.69) is 12.1 Å². The van der Waals surface area contributed by atoms with E-state index in [1.807, 2.05) is 30.3 Å². The molecule has 3 rings (SSSR count). The summed E-state index contributed by atoms with van der Waals surface area (Å²) in [5.74, 6) is -0.172. The molecule has 1 atom stereocenters. The first-order chi connectivity index (χ1) is 10.2. The average molecular weight is 281 g/mol. The lowest BCUT2D eigenvalue weighted by Crippen LogP contribution is -2.12. The van der Waals surface area contributed by atoms with E-state index in [1.165, 1.54) is 13.2 Å². The molecule has 0 aliphatic heterocycles. The van der Waals surface area contributed by atoms with Crippen LogP contribution in [0.4, 0.5) is 4.39 Å². The van der Waals surface area contributed by atoms with Crippen LogP contribution in [0.3, 0.4) is 0 Å². The normalized spacial score (nSPS) is 12.3. The fraction of sp³-hybridized carbons (Fsp3) is 0.111. The molecule has 0 amide bonds. The van der Waals surface area contributed by atoms with E-state index in [0.717, 1.165) is 21.9 Å². The highest BCUT2D eigenvalue weighted by molar-refractivity contribution is 5.86. The molecule has 0 bridgehead atoms. The molecule has 0 heterocycles. The molecule has 1 unspecified atom stereocenters. The van der Waals surface area contributed by atoms with Gasteiger partial charge in [0.1, 0.15) is 0 Å². The van der Waals surface area contributed by atoms with E-state index in [4.69, 9.17) is 10.5 Å². The predicted octanol–water partition coefficient (Wildman–Crippen LogP) is 4.04. The highest BCUT2D eigenvalue weighted by atomic mass is 19.1. The highest BCUT2D eigenvalue weighted by Gasteiger charge is 2.14. The Morgan fingerprint density at radius 3 is 2.57 bits per heavy atom. The lowest BCUT2D eigenvalue weighted by Gasteiger charge is -2.16. The van der Waals surface area contributed by atoms with Crippen LogP contribution >= 0.6 is 0 Å². The van der Waals surface area contributed by atoms with Crippen molar-refractivity contribution in [1.82, 2.24) is 0 Å². The fourth-order valence-electron chi connectivity index (χ4n) is 2.57. The van der Waals surface area contributed by atoms with Gasteiger partial charge in [0.15, 0.2) is 11.6 Å². The quantitative estimate of drug-likeness (QED) is 0.786. The smallest absolute Gasteiger partial charge is 0.165 e. The van der Waals surface area contributed by atoms with Crippen molar-refractivity contribution in [2.45, 2.75) is 6.04 Å². The minimum atomic E-state index is -0.383. The number of rotatable bonds is 3. The van der Waals surface area contributed by atoms with Gasteiger partial charge in [-0.25, -0.2) is 4.39 Å². The van der Waals surface area contributed by atoms with Gasteiger partial charge in [-0.05, 0) is 34.0 Å². The lowest BCUT2D eigenvalue weighted by molar-refractivity contribution is 0.385. The van der Waals surface area contributed by atoms with Gasteiger partial charge in [-0.15, -0.1) is 0 Å². The monoisotopic (exact) mass is 281 g/mol. The van der Waals surface area contributed by atoms with Crippen molar-refractivity contribution >= 4 is 10.8 Å². The van der Waals surface area contributed by atoms with Crippen LogP contribution in [0.1, 0.15) is 17.2 Å². The Hall–Kier alpha value is -2.39. The van der Waals surface area contributed by atoms with Crippen LogP contribution in [0.15, 0.2) is 60.7 Å². The summed E-state index contributed by atoms with van der Waals surface area (Å²) in [6.07, 6.45) is 0. The van der Waals surface area contributed by atoms with Crippen molar-refractivity contribution in [3.63, 3.8) is 0 Å². The largest absolute Gasteiger partial charge is 0.494 e. The third-order valence-corrected chi connectivity index (χ3v) is 3.69. The fourth-order valence-corrected chi connectivity index (χ4v) is 2.57. The second-order valence-corrected chi connectivity index (χ2v) is 4.94. The van der Waals surface area contributed by atoms with E-state index in [-0.39, 0.29) is 17.6 Å². The van der Waals surface area contributed by atoms with E-state index in [0.29, 0.717) is 0 Å². The molecule has 0 saturated heterocycles. The average Bonchev–Trinajstić information content (AvgIpc) is 2.54. The Kier molecular flexibility index (Phi) is 3.59. The zero-order valence-electron chi connectivity index (χ0n) is 11.7. The Morgan fingerprint density at radius 2 is 1.76 bits per heavy atom. The highest BCUT2D eigenvalue weighted by Crippen LogP contribution is 2.29. The Bertz CT molecular complexity index is 780. The maximum Gasteiger partial charge on any atom is 0.165 e. The number of hydrogen-bond acceptors (Lipinski definition) is 2. The third-order valence-electron chi connectivity index (χ3n) is 3.69. The molecule has 3 aromatic carbocycles. The lowest BCUT2D eigenvalue weighted by atomic mass is 9.94. The Morgan fingerprint density at radius 1 is 1.00 bits per heavy atom. The van der Waals surface area contributed by atoms with Crippen LogP contribution in [0.2, 0.25) is 0 Å². The summed E-state index contributed by atoms with van der Waals surface area (Å²) in [5.41, 5.74) is 8.22. The molecule has 0 aliphatic carbocycles. The number of methoxy groups -OCH3 is 1. The number of fused-ring (bicyclic) bond motifs is 1. The molecule has 3 heteroatoms. The van der Waals surface area contributed by atoms with E-state index in [1.54, 1.807) is 12.1 Å². The van der Waals surface area contributed by atoms with Crippen LogP contribution in [-0.4, -0.2) is 7.11 Å². The third kappa shape index (κ3) is 2.48. The molecule has 0 fully saturated rings. The number of hydrogen-bond donors (Lipinski definition) is 1. The van der Waals surface area contributed by atoms with Crippen LogP contribution in [0.5, 0.6) is 5.75 Å². The predicted molar refractivity (Wildman–Crippen MR) is 82.9 cm³/mol. The maximum absolute atomic E-state index is 13.5. The summed E-state index contributed by atoms with van der Waals surface area (Å²) in [6, 6.07) is 18.5.